The summed E-state index contributed by atoms with van der Waals surface area (Å²) in [6, 6.07) is 11.7. The van der Waals surface area contributed by atoms with Crippen LogP contribution in [-0.2, 0) is 4.79 Å². The van der Waals surface area contributed by atoms with Gasteiger partial charge in [0.25, 0.3) is 0 Å². The van der Waals surface area contributed by atoms with E-state index < -0.39 is 11.9 Å². The number of carbonyl (C=O) groups is 1. The van der Waals surface area contributed by atoms with Crippen LogP contribution in [0.2, 0.25) is 5.02 Å². The van der Waals surface area contributed by atoms with Crippen molar-refractivity contribution in [1.82, 2.24) is 10.9 Å². The molecule has 0 spiro atoms. The normalized spacial score (nSPS) is 20.5. The van der Waals surface area contributed by atoms with Gasteiger partial charge in [0.15, 0.2) is 0 Å². The second kappa shape index (κ2) is 6.66. The van der Waals surface area contributed by atoms with Crippen LogP contribution in [0, 0.1) is 12.7 Å². The van der Waals surface area contributed by atoms with Gasteiger partial charge in [0.1, 0.15) is 11.9 Å². The lowest BCUT2D eigenvalue weighted by molar-refractivity contribution is -0.117. The van der Waals surface area contributed by atoms with Crippen LogP contribution in [0.25, 0.3) is 0 Å². The second-order valence-electron chi connectivity index (χ2n) is 5.66. The van der Waals surface area contributed by atoms with Crippen LogP contribution in [-0.4, -0.2) is 11.9 Å². The van der Waals surface area contributed by atoms with Crippen molar-refractivity contribution in [2.24, 2.45) is 0 Å². The van der Waals surface area contributed by atoms with Crippen molar-refractivity contribution in [3.63, 3.8) is 0 Å². The summed E-state index contributed by atoms with van der Waals surface area (Å²) >= 11 is 5.99. The molecule has 0 bridgehead atoms. The SMILES string of the molecule is Cc1ccc(NC(=O)C2CC(c3cccc(Cl)c3)NN2)c(F)c1. The highest BCUT2D eigenvalue weighted by Crippen LogP contribution is 2.25. The van der Waals surface area contributed by atoms with Gasteiger partial charge >= 0.3 is 0 Å². The smallest absolute Gasteiger partial charge is 0.243 e. The van der Waals surface area contributed by atoms with Crippen LogP contribution < -0.4 is 16.2 Å². The summed E-state index contributed by atoms with van der Waals surface area (Å²) in [5.74, 6) is -0.708. The van der Waals surface area contributed by atoms with E-state index in [1.54, 1.807) is 25.1 Å². The molecule has 1 aliphatic rings. The molecule has 4 nitrogen and oxygen atoms in total. The van der Waals surface area contributed by atoms with E-state index in [1.807, 2.05) is 18.2 Å². The van der Waals surface area contributed by atoms with E-state index in [0.717, 1.165) is 11.1 Å². The monoisotopic (exact) mass is 333 g/mol. The largest absolute Gasteiger partial charge is 0.322 e. The maximum absolute atomic E-state index is 13.8. The van der Waals surface area contributed by atoms with Crippen LogP contribution in [0.4, 0.5) is 10.1 Å². The molecular weight excluding hydrogens is 317 g/mol. The minimum atomic E-state index is -0.445. The highest BCUT2D eigenvalue weighted by atomic mass is 35.5. The van der Waals surface area contributed by atoms with Crippen molar-refractivity contribution >= 4 is 23.2 Å². The van der Waals surface area contributed by atoms with Gasteiger partial charge in [-0.3, -0.25) is 4.79 Å². The van der Waals surface area contributed by atoms with Crippen LogP contribution in [0.1, 0.15) is 23.6 Å². The molecule has 1 aliphatic heterocycles. The molecule has 1 amide bonds. The van der Waals surface area contributed by atoms with Crippen molar-refractivity contribution in [3.8, 4) is 0 Å². The Morgan fingerprint density at radius 3 is 2.83 bits per heavy atom. The van der Waals surface area contributed by atoms with Crippen molar-refractivity contribution in [1.29, 1.82) is 0 Å². The molecule has 0 aliphatic carbocycles. The number of hydrazine groups is 1. The Morgan fingerprint density at radius 1 is 1.26 bits per heavy atom. The maximum atomic E-state index is 13.8. The number of carbonyl (C=O) groups excluding carboxylic acids is 1. The summed E-state index contributed by atoms with van der Waals surface area (Å²) in [5, 5.41) is 3.27. The van der Waals surface area contributed by atoms with Crippen LogP contribution >= 0.6 is 11.6 Å². The molecule has 3 N–H and O–H groups in total. The van der Waals surface area contributed by atoms with Gasteiger partial charge < -0.3 is 5.32 Å². The van der Waals surface area contributed by atoms with E-state index in [2.05, 4.69) is 16.2 Å². The highest BCUT2D eigenvalue weighted by Gasteiger charge is 2.30. The van der Waals surface area contributed by atoms with E-state index in [-0.39, 0.29) is 17.6 Å². The Morgan fingerprint density at radius 2 is 2.09 bits per heavy atom. The van der Waals surface area contributed by atoms with Crippen molar-refractivity contribution in [3.05, 3.63) is 64.4 Å². The van der Waals surface area contributed by atoms with Gasteiger partial charge in [-0.15, -0.1) is 0 Å². The van der Waals surface area contributed by atoms with Crippen molar-refractivity contribution in [2.45, 2.75) is 25.4 Å². The zero-order valence-corrected chi connectivity index (χ0v) is 13.3. The molecule has 1 saturated heterocycles. The fourth-order valence-corrected chi connectivity index (χ4v) is 2.81. The number of hydrogen-bond donors (Lipinski definition) is 3. The second-order valence-corrected chi connectivity index (χ2v) is 6.09. The zero-order chi connectivity index (χ0) is 16.4. The summed E-state index contributed by atoms with van der Waals surface area (Å²) < 4.78 is 13.8. The van der Waals surface area contributed by atoms with E-state index >= 15 is 0 Å². The number of rotatable bonds is 3. The summed E-state index contributed by atoms with van der Waals surface area (Å²) in [4.78, 5) is 12.3. The Balaban J connectivity index is 1.65. The van der Waals surface area contributed by atoms with Crippen LogP contribution in [0.5, 0.6) is 0 Å². The van der Waals surface area contributed by atoms with Crippen molar-refractivity contribution < 1.29 is 9.18 Å². The third kappa shape index (κ3) is 3.69. The molecule has 0 radical (unpaired) electrons. The third-order valence-electron chi connectivity index (χ3n) is 3.85. The number of amides is 1. The average molecular weight is 334 g/mol. The number of anilines is 1. The van der Waals surface area contributed by atoms with E-state index in [1.165, 1.54) is 6.07 Å². The number of aryl methyl sites for hydroxylation is 1. The minimum absolute atomic E-state index is 0.0210. The topological polar surface area (TPSA) is 53.2 Å². The fraction of sp³-hybridized carbons (Fsp3) is 0.235. The first-order valence-corrected chi connectivity index (χ1v) is 7.74. The fourth-order valence-electron chi connectivity index (χ4n) is 2.61. The van der Waals surface area contributed by atoms with Gasteiger partial charge in [-0.25, -0.2) is 15.2 Å². The van der Waals surface area contributed by atoms with Gasteiger partial charge in [-0.2, -0.15) is 0 Å². The summed E-state index contributed by atoms with van der Waals surface area (Å²) in [6.07, 6.45) is 0.555. The Labute approximate surface area is 139 Å². The molecule has 120 valence electrons. The third-order valence-corrected chi connectivity index (χ3v) is 4.09. The molecule has 1 fully saturated rings. The van der Waals surface area contributed by atoms with Gasteiger partial charge in [-0.05, 0) is 48.7 Å². The molecule has 2 aromatic carbocycles. The number of benzene rings is 2. The first-order valence-electron chi connectivity index (χ1n) is 7.36. The highest BCUT2D eigenvalue weighted by molar-refractivity contribution is 6.30. The Bertz CT molecular complexity index is 738. The van der Waals surface area contributed by atoms with E-state index in [9.17, 15) is 9.18 Å². The molecule has 2 unspecified atom stereocenters. The molecule has 3 rings (SSSR count). The quantitative estimate of drug-likeness (QED) is 0.807. The lowest BCUT2D eigenvalue weighted by atomic mass is 10.0. The maximum Gasteiger partial charge on any atom is 0.243 e. The number of hydrogen-bond acceptors (Lipinski definition) is 3. The summed E-state index contributed by atoms with van der Waals surface area (Å²) in [6.45, 7) is 1.80. The minimum Gasteiger partial charge on any atom is -0.322 e. The Kier molecular flexibility index (Phi) is 4.61. The first-order chi connectivity index (χ1) is 11.0. The molecule has 23 heavy (non-hydrogen) atoms. The zero-order valence-electron chi connectivity index (χ0n) is 12.6. The molecule has 1 heterocycles. The number of nitrogens with one attached hydrogen (secondary N) is 3. The average Bonchev–Trinajstić information content (AvgIpc) is 3.00. The molecule has 2 aromatic rings. The molecule has 2 atom stereocenters. The predicted molar refractivity (Wildman–Crippen MR) is 88.6 cm³/mol. The Hall–Kier alpha value is -1.95. The lowest BCUT2D eigenvalue weighted by Crippen LogP contribution is -2.39. The van der Waals surface area contributed by atoms with Gasteiger partial charge in [0.05, 0.1) is 5.69 Å². The summed E-state index contributed by atoms with van der Waals surface area (Å²) in [5.41, 5.74) is 8.02. The molecular formula is C17H17ClFN3O. The van der Waals surface area contributed by atoms with E-state index in [4.69, 9.17) is 11.6 Å². The molecule has 0 aromatic heterocycles. The van der Waals surface area contributed by atoms with Crippen molar-refractivity contribution in [2.75, 3.05) is 5.32 Å². The van der Waals surface area contributed by atoms with Gasteiger partial charge in [0, 0.05) is 11.1 Å². The van der Waals surface area contributed by atoms with Gasteiger partial charge in [0.2, 0.25) is 5.91 Å². The van der Waals surface area contributed by atoms with E-state index in [0.29, 0.717) is 11.4 Å². The number of halogens is 2. The standard InChI is InChI=1S/C17H17ClFN3O/c1-10-5-6-14(13(19)7-10)20-17(23)16-9-15(21-22-16)11-3-2-4-12(18)8-11/h2-8,15-16,21-22H,9H2,1H3,(H,20,23). The predicted octanol–water partition coefficient (Wildman–Crippen LogP) is 3.33. The first kappa shape index (κ1) is 15.9. The van der Waals surface area contributed by atoms with Crippen LogP contribution in [0.15, 0.2) is 42.5 Å². The molecule has 0 saturated carbocycles. The van der Waals surface area contributed by atoms with Crippen LogP contribution in [0.3, 0.4) is 0 Å². The molecule has 6 heteroatoms. The lowest BCUT2D eigenvalue weighted by Gasteiger charge is -2.12. The van der Waals surface area contributed by atoms with Gasteiger partial charge in [-0.1, -0.05) is 29.8 Å². The summed E-state index contributed by atoms with van der Waals surface area (Å²) in [7, 11) is 0.